The third-order valence-corrected chi connectivity index (χ3v) is 2.91. The minimum absolute atomic E-state index is 0.0893. The number of carbonyl (C=O) groups excluding carboxylic acids is 1. The molecule has 0 aliphatic carbocycles. The number of unbranched alkanes of at least 4 members (excludes halogenated alkanes) is 3. The number of amides is 1. The fraction of sp³-hybridized carbons (Fsp3) is 0.933. The van der Waals surface area contributed by atoms with Crippen LogP contribution in [-0.4, -0.2) is 24.0 Å². The normalized spacial score (nSPS) is 13.4. The Labute approximate surface area is 113 Å². The highest BCUT2D eigenvalue weighted by Crippen LogP contribution is 2.05. The van der Waals surface area contributed by atoms with Gasteiger partial charge in [0, 0.05) is 24.5 Å². The smallest absolute Gasteiger partial charge is 0.221 e. The largest absolute Gasteiger partial charge is 0.354 e. The molecule has 2 N–H and O–H groups in total. The monoisotopic (exact) mass is 256 g/mol. The number of hydrogen-bond acceptors (Lipinski definition) is 2. The van der Waals surface area contributed by atoms with Crippen molar-refractivity contribution in [3.8, 4) is 0 Å². The van der Waals surface area contributed by atoms with Gasteiger partial charge in [0.25, 0.3) is 0 Å². The van der Waals surface area contributed by atoms with Crippen molar-refractivity contribution in [3.05, 3.63) is 0 Å². The first kappa shape index (κ1) is 17.4. The maximum Gasteiger partial charge on any atom is 0.221 e. The Balaban J connectivity index is 3.55. The molecule has 3 nitrogen and oxygen atoms in total. The van der Waals surface area contributed by atoms with Gasteiger partial charge in [-0.3, -0.25) is 4.79 Å². The predicted molar refractivity (Wildman–Crippen MR) is 78.7 cm³/mol. The highest BCUT2D eigenvalue weighted by molar-refractivity contribution is 5.76. The molecule has 0 bridgehead atoms. The van der Waals surface area contributed by atoms with Crippen molar-refractivity contribution in [3.63, 3.8) is 0 Å². The van der Waals surface area contributed by atoms with Crippen molar-refractivity contribution < 1.29 is 4.79 Å². The number of rotatable bonds is 9. The molecule has 3 heteroatoms. The van der Waals surface area contributed by atoms with Gasteiger partial charge in [-0.15, -0.1) is 0 Å². The Hall–Kier alpha value is -0.570. The van der Waals surface area contributed by atoms with E-state index in [9.17, 15) is 4.79 Å². The zero-order valence-electron chi connectivity index (χ0n) is 12.9. The van der Waals surface area contributed by atoms with Crippen LogP contribution in [0, 0.1) is 0 Å². The first-order valence-electron chi connectivity index (χ1n) is 7.39. The molecule has 1 atom stereocenters. The van der Waals surface area contributed by atoms with Crippen molar-refractivity contribution in [2.45, 2.75) is 84.7 Å². The maximum atomic E-state index is 11.7. The Morgan fingerprint density at radius 2 is 1.83 bits per heavy atom. The molecule has 0 radical (unpaired) electrons. The maximum absolute atomic E-state index is 11.7. The molecule has 1 amide bonds. The van der Waals surface area contributed by atoms with E-state index < -0.39 is 0 Å². The summed E-state index contributed by atoms with van der Waals surface area (Å²) in [6, 6.07) is 0.309. The van der Waals surface area contributed by atoms with Gasteiger partial charge in [-0.1, -0.05) is 32.6 Å². The van der Waals surface area contributed by atoms with E-state index in [2.05, 4.69) is 45.3 Å². The summed E-state index contributed by atoms with van der Waals surface area (Å²) in [5, 5.41) is 6.39. The minimum Gasteiger partial charge on any atom is -0.354 e. The summed E-state index contributed by atoms with van der Waals surface area (Å²) in [7, 11) is 0. The van der Waals surface area contributed by atoms with Crippen molar-refractivity contribution >= 4 is 5.91 Å². The second-order valence-electron chi connectivity index (χ2n) is 6.24. The van der Waals surface area contributed by atoms with Crippen LogP contribution < -0.4 is 10.6 Å². The average Bonchev–Trinajstić information content (AvgIpc) is 2.22. The van der Waals surface area contributed by atoms with Gasteiger partial charge in [-0.25, -0.2) is 0 Å². The molecule has 0 spiro atoms. The van der Waals surface area contributed by atoms with Crippen LogP contribution in [0.25, 0.3) is 0 Å². The van der Waals surface area contributed by atoms with Crippen LogP contribution in [0.1, 0.15) is 73.1 Å². The van der Waals surface area contributed by atoms with Crippen LogP contribution in [0.5, 0.6) is 0 Å². The zero-order chi connectivity index (χ0) is 14.0. The summed E-state index contributed by atoms with van der Waals surface area (Å²) in [5.41, 5.74) is 0.0893. The van der Waals surface area contributed by atoms with Gasteiger partial charge in [0.15, 0.2) is 0 Å². The van der Waals surface area contributed by atoms with Gasteiger partial charge < -0.3 is 10.6 Å². The standard InChI is InChI=1S/C15H32N2O/c1-6-7-8-9-10-13(2)17-14(18)11-12-16-15(3,4)5/h13,16H,6-12H2,1-5H3,(H,17,18). The summed E-state index contributed by atoms with van der Waals surface area (Å²) in [4.78, 5) is 11.7. The molecule has 108 valence electrons. The molecule has 0 saturated carbocycles. The van der Waals surface area contributed by atoms with E-state index in [1.807, 2.05) is 0 Å². The topological polar surface area (TPSA) is 41.1 Å². The molecule has 0 rings (SSSR count). The van der Waals surface area contributed by atoms with Gasteiger partial charge in [-0.2, -0.15) is 0 Å². The fourth-order valence-corrected chi connectivity index (χ4v) is 1.85. The summed E-state index contributed by atoms with van der Waals surface area (Å²) in [6.07, 6.45) is 6.72. The molecular weight excluding hydrogens is 224 g/mol. The van der Waals surface area contributed by atoms with Gasteiger partial charge in [0.1, 0.15) is 0 Å². The van der Waals surface area contributed by atoms with E-state index in [1.165, 1.54) is 25.7 Å². The van der Waals surface area contributed by atoms with Gasteiger partial charge in [0.2, 0.25) is 5.91 Å². The van der Waals surface area contributed by atoms with E-state index in [0.29, 0.717) is 12.5 Å². The molecule has 0 aromatic carbocycles. The zero-order valence-corrected chi connectivity index (χ0v) is 12.9. The lowest BCUT2D eigenvalue weighted by molar-refractivity contribution is -0.121. The van der Waals surface area contributed by atoms with Gasteiger partial charge in [-0.05, 0) is 34.1 Å². The van der Waals surface area contributed by atoms with Gasteiger partial charge >= 0.3 is 0 Å². The SMILES string of the molecule is CCCCCCC(C)NC(=O)CCNC(C)(C)C. The highest BCUT2D eigenvalue weighted by Gasteiger charge is 2.10. The molecule has 1 unspecified atom stereocenters. The molecule has 0 fully saturated rings. The molecule has 0 aromatic heterocycles. The van der Waals surface area contributed by atoms with E-state index in [0.717, 1.165) is 13.0 Å². The Morgan fingerprint density at radius 1 is 1.17 bits per heavy atom. The van der Waals surface area contributed by atoms with E-state index in [1.54, 1.807) is 0 Å². The Morgan fingerprint density at radius 3 is 2.39 bits per heavy atom. The number of nitrogens with one attached hydrogen (secondary N) is 2. The van der Waals surface area contributed by atoms with E-state index >= 15 is 0 Å². The summed E-state index contributed by atoms with van der Waals surface area (Å²) in [6.45, 7) is 11.4. The first-order chi connectivity index (χ1) is 8.35. The fourth-order valence-electron chi connectivity index (χ4n) is 1.85. The van der Waals surface area contributed by atoms with E-state index in [4.69, 9.17) is 0 Å². The quantitative estimate of drug-likeness (QED) is 0.622. The molecule has 0 aliphatic heterocycles. The Kier molecular flexibility index (Phi) is 9.08. The molecule has 0 aliphatic rings. The van der Waals surface area contributed by atoms with Crippen LogP contribution in [-0.2, 0) is 4.79 Å². The van der Waals surface area contributed by atoms with Crippen molar-refractivity contribution in [1.29, 1.82) is 0 Å². The number of hydrogen-bond donors (Lipinski definition) is 2. The number of carbonyl (C=O) groups is 1. The van der Waals surface area contributed by atoms with Gasteiger partial charge in [0.05, 0.1) is 0 Å². The van der Waals surface area contributed by atoms with Crippen molar-refractivity contribution in [2.75, 3.05) is 6.54 Å². The van der Waals surface area contributed by atoms with Crippen LogP contribution in [0.4, 0.5) is 0 Å². The second-order valence-corrected chi connectivity index (χ2v) is 6.24. The lowest BCUT2D eigenvalue weighted by atomic mass is 10.1. The Bertz CT molecular complexity index is 221. The summed E-state index contributed by atoms with van der Waals surface area (Å²) < 4.78 is 0. The van der Waals surface area contributed by atoms with Crippen LogP contribution >= 0.6 is 0 Å². The molecule has 18 heavy (non-hydrogen) atoms. The van der Waals surface area contributed by atoms with Crippen LogP contribution in [0.3, 0.4) is 0 Å². The van der Waals surface area contributed by atoms with Crippen molar-refractivity contribution in [1.82, 2.24) is 10.6 Å². The highest BCUT2D eigenvalue weighted by atomic mass is 16.1. The molecule has 0 saturated heterocycles. The van der Waals surface area contributed by atoms with Crippen LogP contribution in [0.2, 0.25) is 0 Å². The predicted octanol–water partition coefficient (Wildman–Crippen LogP) is 3.24. The molecule has 0 aromatic rings. The summed E-state index contributed by atoms with van der Waals surface area (Å²) in [5.74, 6) is 0.162. The second kappa shape index (κ2) is 9.37. The molecule has 0 heterocycles. The molecular formula is C15H32N2O. The lowest BCUT2D eigenvalue weighted by Gasteiger charge is -2.20. The summed E-state index contributed by atoms with van der Waals surface area (Å²) >= 11 is 0. The van der Waals surface area contributed by atoms with Crippen LogP contribution in [0.15, 0.2) is 0 Å². The van der Waals surface area contributed by atoms with Crippen molar-refractivity contribution in [2.24, 2.45) is 0 Å². The van der Waals surface area contributed by atoms with E-state index in [-0.39, 0.29) is 11.4 Å². The third kappa shape index (κ3) is 11.9. The third-order valence-electron chi connectivity index (χ3n) is 2.91. The average molecular weight is 256 g/mol. The first-order valence-corrected chi connectivity index (χ1v) is 7.39. The lowest BCUT2D eigenvalue weighted by Crippen LogP contribution is -2.40. The minimum atomic E-state index is 0.0893.